The molecule has 0 unspecified atom stereocenters. The Morgan fingerprint density at radius 1 is 0.933 bits per heavy atom. The van der Waals surface area contributed by atoms with Gasteiger partial charge >= 0.3 is 0 Å². The van der Waals surface area contributed by atoms with E-state index in [1.165, 1.54) is 12.5 Å². The molecular weight excluding hydrogens is 374 g/mol. The van der Waals surface area contributed by atoms with E-state index in [4.69, 9.17) is 9.40 Å². The lowest BCUT2D eigenvalue weighted by molar-refractivity contribution is 0.102. The molecule has 5 heteroatoms. The first kappa shape index (κ1) is 17.9. The van der Waals surface area contributed by atoms with Gasteiger partial charge in [0.15, 0.2) is 0 Å². The van der Waals surface area contributed by atoms with Gasteiger partial charge in [-0.05, 0) is 53.9 Å². The van der Waals surface area contributed by atoms with E-state index in [0.29, 0.717) is 5.56 Å². The van der Waals surface area contributed by atoms with Crippen LogP contribution in [0.2, 0.25) is 0 Å². The molecule has 5 aromatic rings. The van der Waals surface area contributed by atoms with Gasteiger partial charge in [-0.2, -0.15) is 0 Å². The van der Waals surface area contributed by atoms with Gasteiger partial charge in [0.2, 0.25) is 0 Å². The second-order valence-electron chi connectivity index (χ2n) is 7.18. The number of hydrogen-bond acceptors (Lipinski definition) is 3. The van der Waals surface area contributed by atoms with E-state index in [9.17, 15) is 4.79 Å². The Bertz CT molecular complexity index is 1350. The Kier molecular flexibility index (Phi) is 4.41. The molecule has 0 aliphatic rings. The number of carbonyl (C=O) groups excluding carboxylic acids is 1. The number of furan rings is 1. The number of aromatic amines is 1. The van der Waals surface area contributed by atoms with E-state index >= 15 is 0 Å². The lowest BCUT2D eigenvalue weighted by Gasteiger charge is -2.08. The monoisotopic (exact) mass is 393 g/mol. The van der Waals surface area contributed by atoms with Crippen molar-refractivity contribution in [2.24, 2.45) is 0 Å². The third-order valence-electron chi connectivity index (χ3n) is 5.09. The Labute approximate surface area is 173 Å². The molecule has 146 valence electrons. The number of H-pyrrole nitrogens is 1. The summed E-state index contributed by atoms with van der Waals surface area (Å²) in [6.07, 6.45) is 2.91. The third-order valence-corrected chi connectivity index (χ3v) is 5.09. The summed E-state index contributed by atoms with van der Waals surface area (Å²) in [6.45, 7) is 2.06. The zero-order valence-electron chi connectivity index (χ0n) is 16.3. The van der Waals surface area contributed by atoms with Crippen molar-refractivity contribution in [1.82, 2.24) is 9.97 Å². The first-order valence-electron chi connectivity index (χ1n) is 9.67. The van der Waals surface area contributed by atoms with Crippen LogP contribution in [0.5, 0.6) is 0 Å². The quantitative estimate of drug-likeness (QED) is 0.390. The van der Waals surface area contributed by atoms with Crippen molar-refractivity contribution >= 4 is 22.6 Å². The van der Waals surface area contributed by atoms with E-state index < -0.39 is 0 Å². The van der Waals surface area contributed by atoms with Crippen LogP contribution in [0.15, 0.2) is 89.7 Å². The molecule has 2 N–H and O–H groups in total. The largest absolute Gasteiger partial charge is 0.472 e. The Morgan fingerprint density at radius 3 is 2.50 bits per heavy atom. The van der Waals surface area contributed by atoms with Gasteiger partial charge in [0.1, 0.15) is 12.1 Å². The minimum atomic E-state index is -0.202. The molecule has 0 saturated carbocycles. The summed E-state index contributed by atoms with van der Waals surface area (Å²) in [7, 11) is 0. The standard InChI is InChI=1S/C25H19N3O2/c1-16-5-2-10-22-23(16)28-24(27-22)19-8-3-6-17(13-19)18-7-4-9-21(14-18)26-25(29)20-11-12-30-15-20/h2-15H,1H3,(H,26,29)(H,27,28). The van der Waals surface area contributed by atoms with Crippen LogP contribution >= 0.6 is 0 Å². The maximum Gasteiger partial charge on any atom is 0.258 e. The van der Waals surface area contributed by atoms with Gasteiger partial charge in [0.25, 0.3) is 5.91 Å². The summed E-state index contributed by atoms with van der Waals surface area (Å²) in [5.74, 6) is 0.637. The van der Waals surface area contributed by atoms with Crippen LogP contribution in [0.25, 0.3) is 33.5 Å². The number of nitrogens with one attached hydrogen (secondary N) is 2. The van der Waals surface area contributed by atoms with Crippen molar-refractivity contribution in [1.29, 1.82) is 0 Å². The van der Waals surface area contributed by atoms with Gasteiger partial charge < -0.3 is 14.7 Å². The van der Waals surface area contributed by atoms with E-state index in [1.807, 2.05) is 48.5 Å². The second kappa shape index (κ2) is 7.37. The van der Waals surface area contributed by atoms with E-state index in [-0.39, 0.29) is 5.91 Å². The van der Waals surface area contributed by atoms with Crippen molar-refractivity contribution in [3.05, 3.63) is 96.4 Å². The lowest BCUT2D eigenvalue weighted by Crippen LogP contribution is -2.10. The average Bonchev–Trinajstić information content (AvgIpc) is 3.45. The van der Waals surface area contributed by atoms with Crippen LogP contribution in [0.1, 0.15) is 15.9 Å². The van der Waals surface area contributed by atoms with Crippen molar-refractivity contribution < 1.29 is 9.21 Å². The second-order valence-corrected chi connectivity index (χ2v) is 7.18. The lowest BCUT2D eigenvalue weighted by atomic mass is 10.0. The van der Waals surface area contributed by atoms with Gasteiger partial charge in [0, 0.05) is 11.3 Å². The highest BCUT2D eigenvalue weighted by Crippen LogP contribution is 2.28. The fourth-order valence-electron chi connectivity index (χ4n) is 3.53. The first-order valence-corrected chi connectivity index (χ1v) is 9.67. The van der Waals surface area contributed by atoms with Gasteiger partial charge in [-0.15, -0.1) is 0 Å². The SMILES string of the molecule is Cc1cccc2[nH]c(-c3cccc(-c4cccc(NC(=O)c5ccoc5)c4)c3)nc12. The zero-order chi connectivity index (χ0) is 20.5. The molecule has 2 heterocycles. The highest BCUT2D eigenvalue weighted by molar-refractivity contribution is 6.04. The minimum Gasteiger partial charge on any atom is -0.472 e. The highest BCUT2D eigenvalue weighted by atomic mass is 16.3. The minimum absolute atomic E-state index is 0.202. The highest BCUT2D eigenvalue weighted by Gasteiger charge is 2.10. The topological polar surface area (TPSA) is 70.9 Å². The number of nitrogens with zero attached hydrogens (tertiary/aromatic N) is 1. The molecule has 0 bridgehead atoms. The maximum atomic E-state index is 12.3. The van der Waals surface area contributed by atoms with Crippen molar-refractivity contribution in [2.45, 2.75) is 6.92 Å². The number of hydrogen-bond donors (Lipinski definition) is 2. The van der Waals surface area contributed by atoms with Crippen molar-refractivity contribution in [2.75, 3.05) is 5.32 Å². The summed E-state index contributed by atoms with van der Waals surface area (Å²) >= 11 is 0. The van der Waals surface area contributed by atoms with Crippen LogP contribution in [-0.4, -0.2) is 15.9 Å². The van der Waals surface area contributed by atoms with Crippen LogP contribution in [0, 0.1) is 6.92 Å². The normalized spacial score (nSPS) is 11.0. The molecule has 5 rings (SSSR count). The van der Waals surface area contributed by atoms with Gasteiger partial charge in [-0.3, -0.25) is 4.79 Å². The predicted molar refractivity (Wildman–Crippen MR) is 118 cm³/mol. The molecule has 0 atom stereocenters. The molecule has 0 radical (unpaired) electrons. The number of carbonyl (C=O) groups is 1. The average molecular weight is 393 g/mol. The number of aryl methyl sites for hydroxylation is 1. The molecule has 0 fully saturated rings. The van der Waals surface area contributed by atoms with E-state index in [2.05, 4.69) is 35.4 Å². The summed E-state index contributed by atoms with van der Waals surface area (Å²) in [5, 5.41) is 2.91. The number of benzene rings is 3. The zero-order valence-corrected chi connectivity index (χ0v) is 16.3. The molecule has 0 spiro atoms. The predicted octanol–water partition coefficient (Wildman–Crippen LogP) is 6.05. The molecule has 1 amide bonds. The van der Waals surface area contributed by atoms with Crippen LogP contribution < -0.4 is 5.32 Å². The smallest absolute Gasteiger partial charge is 0.258 e. The van der Waals surface area contributed by atoms with Crippen molar-refractivity contribution in [3.8, 4) is 22.5 Å². The van der Waals surface area contributed by atoms with Crippen LogP contribution in [0.4, 0.5) is 5.69 Å². The molecule has 2 aromatic heterocycles. The number of para-hydroxylation sites is 1. The van der Waals surface area contributed by atoms with Crippen LogP contribution in [0.3, 0.4) is 0 Å². The number of aromatic nitrogens is 2. The number of amides is 1. The Hall–Kier alpha value is -4.12. The van der Waals surface area contributed by atoms with E-state index in [1.54, 1.807) is 6.07 Å². The van der Waals surface area contributed by atoms with E-state index in [0.717, 1.165) is 44.8 Å². The van der Waals surface area contributed by atoms with Crippen LogP contribution in [-0.2, 0) is 0 Å². The molecule has 5 nitrogen and oxygen atoms in total. The molecule has 0 aliphatic carbocycles. The van der Waals surface area contributed by atoms with Gasteiger partial charge in [-0.1, -0.05) is 42.5 Å². The fraction of sp³-hybridized carbons (Fsp3) is 0.0400. The summed E-state index contributed by atoms with van der Waals surface area (Å²) in [5.41, 5.74) is 7.44. The molecule has 30 heavy (non-hydrogen) atoms. The maximum absolute atomic E-state index is 12.3. The third kappa shape index (κ3) is 3.37. The van der Waals surface area contributed by atoms with Gasteiger partial charge in [-0.25, -0.2) is 4.98 Å². The summed E-state index contributed by atoms with van der Waals surface area (Å²) < 4.78 is 4.98. The summed E-state index contributed by atoms with van der Waals surface area (Å²) in [6, 6.07) is 23.7. The Morgan fingerprint density at radius 2 is 1.70 bits per heavy atom. The first-order chi connectivity index (χ1) is 14.7. The van der Waals surface area contributed by atoms with Gasteiger partial charge in [0.05, 0.1) is 22.9 Å². The molecule has 0 saturated heterocycles. The van der Waals surface area contributed by atoms with Crippen molar-refractivity contribution in [3.63, 3.8) is 0 Å². The fourth-order valence-corrected chi connectivity index (χ4v) is 3.53. The number of rotatable bonds is 4. The molecule has 0 aliphatic heterocycles. The molecule has 3 aromatic carbocycles. The Balaban J connectivity index is 1.46. The number of fused-ring (bicyclic) bond motifs is 1. The summed E-state index contributed by atoms with van der Waals surface area (Å²) in [4.78, 5) is 20.5. The number of imidazole rings is 1. The molecular formula is C25H19N3O2. The number of anilines is 1.